The summed E-state index contributed by atoms with van der Waals surface area (Å²) in [5.41, 5.74) is 1.10. The highest BCUT2D eigenvalue weighted by Crippen LogP contribution is 2.16. The highest BCUT2D eigenvalue weighted by molar-refractivity contribution is 7.93. The third kappa shape index (κ3) is 2.52. The Bertz CT molecular complexity index is 512. The number of sulfonamides is 1. The van der Waals surface area contributed by atoms with Crippen molar-refractivity contribution in [3.05, 3.63) is 11.9 Å². The molecule has 1 atom stereocenters. The molecule has 1 aromatic heterocycles. The lowest BCUT2D eigenvalue weighted by molar-refractivity contribution is 0.597. The molecule has 6 nitrogen and oxygen atoms in total. The van der Waals surface area contributed by atoms with Crippen LogP contribution >= 0.6 is 0 Å². The van der Waals surface area contributed by atoms with Crippen molar-refractivity contribution in [3.8, 4) is 6.07 Å². The maximum absolute atomic E-state index is 11.6. The first-order valence-corrected chi connectivity index (χ1v) is 6.39. The first-order valence-electron chi connectivity index (χ1n) is 4.84. The van der Waals surface area contributed by atoms with E-state index in [1.54, 1.807) is 19.3 Å². The molecule has 88 valence electrons. The summed E-state index contributed by atoms with van der Waals surface area (Å²) in [4.78, 5) is 0. The van der Waals surface area contributed by atoms with Gasteiger partial charge in [0.05, 0.1) is 17.5 Å². The van der Waals surface area contributed by atoms with Gasteiger partial charge in [-0.05, 0) is 13.3 Å². The number of aromatic nitrogens is 2. The van der Waals surface area contributed by atoms with Crippen LogP contribution in [-0.2, 0) is 23.5 Å². The van der Waals surface area contributed by atoms with Gasteiger partial charge in [0.15, 0.2) is 5.25 Å². The minimum atomic E-state index is -3.65. The molecule has 0 radical (unpaired) electrons. The first-order chi connectivity index (χ1) is 7.40. The zero-order valence-electron chi connectivity index (χ0n) is 9.43. The van der Waals surface area contributed by atoms with Crippen LogP contribution in [0.2, 0.25) is 0 Å². The Balaban J connectivity index is 3.01. The Labute approximate surface area is 94.9 Å². The summed E-state index contributed by atoms with van der Waals surface area (Å²) in [5, 5.41) is 11.6. The van der Waals surface area contributed by atoms with Crippen molar-refractivity contribution < 1.29 is 8.42 Å². The lowest BCUT2D eigenvalue weighted by atomic mass is 10.3. The van der Waals surface area contributed by atoms with Crippen LogP contribution in [0.4, 0.5) is 5.69 Å². The predicted molar refractivity (Wildman–Crippen MR) is 60.2 cm³/mol. The van der Waals surface area contributed by atoms with Crippen molar-refractivity contribution in [1.29, 1.82) is 5.26 Å². The third-order valence-corrected chi connectivity index (χ3v) is 3.68. The van der Waals surface area contributed by atoms with Crippen molar-refractivity contribution in [2.45, 2.75) is 25.5 Å². The second-order valence-electron chi connectivity index (χ2n) is 3.44. The molecule has 0 aliphatic rings. The van der Waals surface area contributed by atoms with Gasteiger partial charge < -0.3 is 0 Å². The van der Waals surface area contributed by atoms with Crippen molar-refractivity contribution in [2.24, 2.45) is 7.05 Å². The van der Waals surface area contributed by atoms with E-state index in [0.717, 1.165) is 0 Å². The fourth-order valence-electron chi connectivity index (χ4n) is 1.19. The van der Waals surface area contributed by atoms with Gasteiger partial charge in [0.2, 0.25) is 10.0 Å². The Hall–Kier alpha value is -1.55. The Morgan fingerprint density at radius 1 is 1.69 bits per heavy atom. The fraction of sp³-hybridized carbons (Fsp3) is 0.556. The normalized spacial score (nSPS) is 13.1. The quantitative estimate of drug-likeness (QED) is 0.839. The Kier molecular flexibility index (Phi) is 3.55. The van der Waals surface area contributed by atoms with E-state index in [-0.39, 0.29) is 0 Å². The first kappa shape index (κ1) is 12.5. The van der Waals surface area contributed by atoms with Gasteiger partial charge in [-0.3, -0.25) is 9.40 Å². The summed E-state index contributed by atoms with van der Waals surface area (Å²) in [7, 11) is -1.93. The molecule has 0 aliphatic carbocycles. The summed E-state index contributed by atoms with van der Waals surface area (Å²) >= 11 is 0. The van der Waals surface area contributed by atoms with Crippen molar-refractivity contribution >= 4 is 15.7 Å². The van der Waals surface area contributed by atoms with Gasteiger partial charge in [0, 0.05) is 13.2 Å². The molecule has 1 heterocycles. The van der Waals surface area contributed by atoms with E-state index in [9.17, 15) is 8.42 Å². The highest BCUT2D eigenvalue weighted by atomic mass is 32.2. The molecular weight excluding hydrogens is 228 g/mol. The number of nitriles is 1. The molecule has 0 fully saturated rings. The Morgan fingerprint density at radius 3 is 2.81 bits per heavy atom. The van der Waals surface area contributed by atoms with Gasteiger partial charge in [-0.1, -0.05) is 6.92 Å². The molecule has 0 bridgehead atoms. The number of rotatable bonds is 4. The monoisotopic (exact) mass is 242 g/mol. The van der Waals surface area contributed by atoms with Gasteiger partial charge in [-0.2, -0.15) is 10.4 Å². The van der Waals surface area contributed by atoms with Crippen LogP contribution in [0.15, 0.2) is 6.20 Å². The van der Waals surface area contributed by atoms with Crippen LogP contribution in [0.3, 0.4) is 0 Å². The predicted octanol–water partition coefficient (Wildman–Crippen LogP) is 0.636. The van der Waals surface area contributed by atoms with Crippen LogP contribution < -0.4 is 4.72 Å². The number of aryl methyl sites for hydroxylation is 2. The lowest BCUT2D eigenvalue weighted by Crippen LogP contribution is -2.24. The van der Waals surface area contributed by atoms with Crippen LogP contribution in [0.1, 0.15) is 19.5 Å². The van der Waals surface area contributed by atoms with E-state index in [2.05, 4.69) is 9.82 Å². The van der Waals surface area contributed by atoms with Crippen LogP contribution in [0.5, 0.6) is 0 Å². The maximum atomic E-state index is 11.6. The van der Waals surface area contributed by atoms with Crippen LogP contribution in [0.25, 0.3) is 0 Å². The van der Waals surface area contributed by atoms with E-state index in [0.29, 0.717) is 17.8 Å². The van der Waals surface area contributed by atoms with Gasteiger partial charge in [-0.25, -0.2) is 8.42 Å². The molecule has 0 aliphatic heterocycles. The second kappa shape index (κ2) is 4.53. The molecule has 1 unspecified atom stereocenters. The van der Waals surface area contributed by atoms with Crippen LogP contribution in [-0.4, -0.2) is 23.4 Å². The molecule has 7 heteroatoms. The minimum absolute atomic E-state index is 0.437. The smallest absolute Gasteiger partial charge is 0.248 e. The number of nitrogens with one attached hydrogen (secondary N) is 1. The molecule has 0 saturated heterocycles. The molecule has 1 rings (SSSR count). The number of hydrogen-bond acceptors (Lipinski definition) is 4. The van der Waals surface area contributed by atoms with Crippen LogP contribution in [0, 0.1) is 11.3 Å². The number of hydrogen-bond donors (Lipinski definition) is 1. The van der Waals surface area contributed by atoms with E-state index in [4.69, 9.17) is 5.26 Å². The van der Waals surface area contributed by atoms with E-state index >= 15 is 0 Å². The summed E-state index contributed by atoms with van der Waals surface area (Å²) in [5.74, 6) is 0. The summed E-state index contributed by atoms with van der Waals surface area (Å²) in [6, 6.07) is 1.69. The van der Waals surface area contributed by atoms with Crippen molar-refractivity contribution in [2.75, 3.05) is 4.72 Å². The summed E-state index contributed by atoms with van der Waals surface area (Å²) < 4.78 is 27.2. The van der Waals surface area contributed by atoms with Gasteiger partial charge >= 0.3 is 0 Å². The molecule has 1 N–H and O–H groups in total. The zero-order chi connectivity index (χ0) is 12.3. The van der Waals surface area contributed by atoms with Crippen molar-refractivity contribution in [1.82, 2.24) is 9.78 Å². The molecule has 0 aromatic carbocycles. The van der Waals surface area contributed by atoms with Gasteiger partial charge in [-0.15, -0.1) is 0 Å². The molecule has 1 aromatic rings. The minimum Gasteiger partial charge on any atom is -0.279 e. The maximum Gasteiger partial charge on any atom is 0.248 e. The average molecular weight is 242 g/mol. The van der Waals surface area contributed by atoms with Crippen molar-refractivity contribution in [3.63, 3.8) is 0 Å². The standard InChI is InChI=1S/C9H14N4O2S/c1-4-8-9(6-13(3)11-8)12-16(14,15)7(2)5-10/h6-7,12H,4H2,1-3H3. The van der Waals surface area contributed by atoms with E-state index in [1.165, 1.54) is 11.6 Å². The largest absolute Gasteiger partial charge is 0.279 e. The highest BCUT2D eigenvalue weighted by Gasteiger charge is 2.21. The lowest BCUT2D eigenvalue weighted by Gasteiger charge is -2.07. The number of nitrogens with zero attached hydrogens (tertiary/aromatic N) is 3. The van der Waals surface area contributed by atoms with E-state index in [1.807, 2.05) is 6.92 Å². The summed E-state index contributed by atoms with van der Waals surface area (Å²) in [6.45, 7) is 3.22. The van der Waals surface area contributed by atoms with Gasteiger partial charge in [0.25, 0.3) is 0 Å². The van der Waals surface area contributed by atoms with E-state index < -0.39 is 15.3 Å². The molecule has 16 heavy (non-hydrogen) atoms. The number of anilines is 1. The average Bonchev–Trinajstić information content (AvgIpc) is 2.56. The third-order valence-electron chi connectivity index (χ3n) is 2.14. The van der Waals surface area contributed by atoms with Gasteiger partial charge in [0.1, 0.15) is 0 Å². The second-order valence-corrected chi connectivity index (χ2v) is 5.44. The molecule has 0 saturated carbocycles. The molecule has 0 amide bonds. The fourth-order valence-corrected chi connectivity index (χ4v) is 1.98. The summed E-state index contributed by atoms with van der Waals surface area (Å²) in [6.07, 6.45) is 2.21. The molecular formula is C9H14N4O2S. The molecule has 0 spiro atoms. The zero-order valence-corrected chi connectivity index (χ0v) is 10.2. The topological polar surface area (TPSA) is 87.8 Å². The Morgan fingerprint density at radius 2 is 2.31 bits per heavy atom. The SMILES string of the molecule is CCc1nn(C)cc1NS(=O)(=O)C(C)C#N.